The first-order valence-electron chi connectivity index (χ1n) is 8.22. The molecule has 1 aromatic heterocycles. The maximum Gasteiger partial charge on any atom is 0.406 e. The van der Waals surface area contributed by atoms with Gasteiger partial charge in [-0.05, 0) is 38.1 Å². The average Bonchev–Trinajstić information content (AvgIpc) is 2.88. The van der Waals surface area contributed by atoms with Crippen LogP contribution in [0.5, 0.6) is 5.75 Å². The monoisotopic (exact) mass is 399 g/mol. The lowest BCUT2D eigenvalue weighted by atomic mass is 10.2. The molecule has 7 nitrogen and oxygen atoms in total. The van der Waals surface area contributed by atoms with Crippen LogP contribution in [0.1, 0.15) is 21.7 Å². The minimum Gasteiger partial charge on any atom is -0.497 e. The highest BCUT2D eigenvalue weighted by atomic mass is 19.4. The first-order valence-corrected chi connectivity index (χ1v) is 8.22. The summed E-state index contributed by atoms with van der Waals surface area (Å²) in [6.45, 7) is 0.889. The van der Waals surface area contributed by atoms with E-state index in [-0.39, 0.29) is 11.3 Å². The number of rotatable bonds is 6. The van der Waals surface area contributed by atoms with Crippen molar-refractivity contribution >= 4 is 17.6 Å². The summed E-state index contributed by atoms with van der Waals surface area (Å²) < 4.78 is 50.2. The van der Waals surface area contributed by atoms with Crippen molar-refractivity contribution in [2.45, 2.75) is 20.0 Å². The van der Waals surface area contributed by atoms with Gasteiger partial charge in [-0.25, -0.2) is 4.79 Å². The Bertz CT molecular complexity index is 860. The lowest BCUT2D eigenvalue weighted by Crippen LogP contribution is -2.41. The molecule has 0 aliphatic carbocycles. The lowest BCUT2D eigenvalue weighted by Gasteiger charge is -2.24. The molecule has 1 amide bonds. The van der Waals surface area contributed by atoms with Gasteiger partial charge in [0, 0.05) is 18.4 Å². The van der Waals surface area contributed by atoms with E-state index < -0.39 is 31.2 Å². The summed E-state index contributed by atoms with van der Waals surface area (Å²) in [4.78, 5) is 25.1. The normalized spacial score (nSPS) is 11.2. The van der Waals surface area contributed by atoms with Crippen molar-refractivity contribution in [3.63, 3.8) is 0 Å². The minimum absolute atomic E-state index is 0.00733. The zero-order chi connectivity index (χ0) is 21.1. The van der Waals surface area contributed by atoms with Crippen LogP contribution in [0, 0.1) is 13.8 Å². The van der Waals surface area contributed by atoms with E-state index in [2.05, 4.69) is 5.10 Å². The third-order valence-corrected chi connectivity index (χ3v) is 4.06. The van der Waals surface area contributed by atoms with E-state index in [0.717, 1.165) is 0 Å². The Morgan fingerprint density at radius 3 is 2.25 bits per heavy atom. The molecule has 0 saturated heterocycles. The zero-order valence-corrected chi connectivity index (χ0v) is 15.8. The number of methoxy groups -OCH3 is 1. The van der Waals surface area contributed by atoms with Gasteiger partial charge in [0.25, 0.3) is 5.91 Å². The van der Waals surface area contributed by atoms with Crippen LogP contribution in [-0.2, 0) is 16.6 Å². The number of esters is 1. The number of anilines is 1. The largest absolute Gasteiger partial charge is 0.497 e. The van der Waals surface area contributed by atoms with Crippen LogP contribution >= 0.6 is 0 Å². The fourth-order valence-electron chi connectivity index (χ4n) is 2.61. The maximum atomic E-state index is 12.9. The van der Waals surface area contributed by atoms with Crippen LogP contribution in [-0.4, -0.2) is 48.1 Å². The van der Waals surface area contributed by atoms with Crippen LogP contribution in [0.25, 0.3) is 0 Å². The van der Waals surface area contributed by atoms with Crippen molar-refractivity contribution in [2.24, 2.45) is 7.05 Å². The van der Waals surface area contributed by atoms with Gasteiger partial charge in [0.1, 0.15) is 17.9 Å². The second kappa shape index (κ2) is 8.32. The van der Waals surface area contributed by atoms with Crippen LogP contribution in [0.15, 0.2) is 24.3 Å². The predicted octanol–water partition coefficient (Wildman–Crippen LogP) is 2.80. The molecular formula is C18H20F3N3O4. The van der Waals surface area contributed by atoms with Gasteiger partial charge in [-0.3, -0.25) is 9.48 Å². The zero-order valence-electron chi connectivity index (χ0n) is 15.8. The number of aryl methyl sites for hydroxylation is 2. The molecule has 152 valence electrons. The van der Waals surface area contributed by atoms with Gasteiger partial charge in [-0.1, -0.05) is 0 Å². The summed E-state index contributed by atoms with van der Waals surface area (Å²) in [7, 11) is 3.05. The van der Waals surface area contributed by atoms with Crippen molar-refractivity contribution < 1.29 is 32.2 Å². The van der Waals surface area contributed by atoms with Gasteiger partial charge in [0.15, 0.2) is 6.61 Å². The van der Waals surface area contributed by atoms with Crippen LogP contribution in [0.3, 0.4) is 0 Å². The second-order valence-electron chi connectivity index (χ2n) is 6.04. The fraction of sp³-hybridized carbons (Fsp3) is 0.389. The van der Waals surface area contributed by atoms with E-state index in [9.17, 15) is 22.8 Å². The van der Waals surface area contributed by atoms with Gasteiger partial charge in [0.2, 0.25) is 0 Å². The van der Waals surface area contributed by atoms with Crippen LogP contribution < -0.4 is 9.64 Å². The van der Waals surface area contributed by atoms with Gasteiger partial charge in [-0.15, -0.1) is 0 Å². The van der Waals surface area contributed by atoms with Gasteiger partial charge < -0.3 is 14.4 Å². The van der Waals surface area contributed by atoms with Gasteiger partial charge in [0.05, 0.1) is 12.8 Å². The number of carbonyl (C=O) groups excluding carboxylic acids is 2. The molecule has 0 unspecified atom stereocenters. The fourth-order valence-corrected chi connectivity index (χ4v) is 2.61. The molecular weight excluding hydrogens is 379 g/mol. The molecule has 0 spiro atoms. The number of alkyl halides is 3. The smallest absolute Gasteiger partial charge is 0.406 e. The summed E-state index contributed by atoms with van der Waals surface area (Å²) in [6.07, 6.45) is -4.63. The summed E-state index contributed by atoms with van der Waals surface area (Å²) >= 11 is 0. The Morgan fingerprint density at radius 1 is 1.18 bits per heavy atom. The van der Waals surface area contributed by atoms with E-state index in [1.54, 1.807) is 20.9 Å². The second-order valence-corrected chi connectivity index (χ2v) is 6.04. The number of ether oxygens (including phenoxy) is 2. The lowest BCUT2D eigenvalue weighted by molar-refractivity contribution is -0.134. The Labute approximate surface area is 159 Å². The molecule has 2 aromatic rings. The summed E-state index contributed by atoms with van der Waals surface area (Å²) in [6, 6.07) is 5.50. The Morgan fingerprint density at radius 2 is 1.79 bits per heavy atom. The summed E-state index contributed by atoms with van der Waals surface area (Å²) in [5, 5.41) is 4.07. The SMILES string of the molecule is COc1ccc(N(CC(F)(F)F)C(=O)COC(=O)c2c(C)nn(C)c2C)cc1. The molecule has 0 fully saturated rings. The van der Waals surface area contributed by atoms with E-state index in [0.29, 0.717) is 22.0 Å². The van der Waals surface area contributed by atoms with Crippen LogP contribution in [0.4, 0.5) is 18.9 Å². The molecule has 0 N–H and O–H groups in total. The highest BCUT2D eigenvalue weighted by Gasteiger charge is 2.34. The minimum atomic E-state index is -4.63. The van der Waals surface area contributed by atoms with Crippen LogP contribution in [0.2, 0.25) is 0 Å². The molecule has 1 aromatic carbocycles. The summed E-state index contributed by atoms with van der Waals surface area (Å²) in [5.41, 5.74) is 1.12. The number of hydrogen-bond acceptors (Lipinski definition) is 5. The van der Waals surface area contributed by atoms with Crippen molar-refractivity contribution in [3.8, 4) is 5.75 Å². The maximum absolute atomic E-state index is 12.9. The average molecular weight is 399 g/mol. The van der Waals surface area contributed by atoms with E-state index in [1.807, 2.05) is 0 Å². The van der Waals surface area contributed by atoms with Gasteiger partial charge >= 0.3 is 12.1 Å². The molecule has 0 atom stereocenters. The quantitative estimate of drug-likeness (QED) is 0.699. The molecule has 1 heterocycles. The highest BCUT2D eigenvalue weighted by Crippen LogP contribution is 2.24. The molecule has 0 saturated carbocycles. The number of hydrogen-bond donors (Lipinski definition) is 0. The number of halogens is 3. The Kier molecular flexibility index (Phi) is 6.32. The number of nitrogens with zero attached hydrogens (tertiary/aromatic N) is 3. The topological polar surface area (TPSA) is 73.7 Å². The van der Waals surface area contributed by atoms with Gasteiger partial charge in [-0.2, -0.15) is 18.3 Å². The molecule has 10 heteroatoms. The predicted molar refractivity (Wildman–Crippen MR) is 94.4 cm³/mol. The first kappa shape index (κ1) is 21.3. The number of benzene rings is 1. The third-order valence-electron chi connectivity index (χ3n) is 4.06. The van der Waals surface area contributed by atoms with Crippen molar-refractivity contribution in [1.82, 2.24) is 9.78 Å². The van der Waals surface area contributed by atoms with Crippen molar-refractivity contribution in [3.05, 3.63) is 41.2 Å². The molecule has 0 aliphatic rings. The standard InChI is InChI=1S/C18H20F3N3O4/c1-11-16(12(2)23(3)22-11)17(26)28-9-15(25)24(10-18(19,20)21)13-5-7-14(27-4)8-6-13/h5-8H,9-10H2,1-4H3. The Balaban J connectivity index is 2.16. The summed E-state index contributed by atoms with van der Waals surface area (Å²) in [5.74, 6) is -1.40. The highest BCUT2D eigenvalue weighted by molar-refractivity contribution is 5.98. The van der Waals surface area contributed by atoms with E-state index >= 15 is 0 Å². The van der Waals surface area contributed by atoms with E-state index in [1.165, 1.54) is 36.1 Å². The van der Waals surface area contributed by atoms with E-state index in [4.69, 9.17) is 9.47 Å². The number of aromatic nitrogens is 2. The molecule has 0 aliphatic heterocycles. The molecule has 2 rings (SSSR count). The molecule has 28 heavy (non-hydrogen) atoms. The molecule has 0 bridgehead atoms. The number of carbonyl (C=O) groups is 2. The Hall–Kier alpha value is -3.04. The van der Waals surface area contributed by atoms with Crippen molar-refractivity contribution in [1.29, 1.82) is 0 Å². The van der Waals surface area contributed by atoms with Crippen molar-refractivity contribution in [2.75, 3.05) is 25.2 Å². The first-order chi connectivity index (χ1) is 13.0. The number of amides is 1. The molecule has 0 radical (unpaired) electrons. The third kappa shape index (κ3) is 5.02.